The quantitative estimate of drug-likeness (QED) is 0.336. The van der Waals surface area contributed by atoms with Gasteiger partial charge in [-0.1, -0.05) is 48.2 Å². The van der Waals surface area contributed by atoms with Crippen LogP contribution in [-0.2, 0) is 6.54 Å². The normalized spacial score (nSPS) is 13.9. The van der Waals surface area contributed by atoms with Gasteiger partial charge in [-0.3, -0.25) is 0 Å². The lowest BCUT2D eigenvalue weighted by Gasteiger charge is -2.08. The number of benzene rings is 2. The highest BCUT2D eigenvalue weighted by molar-refractivity contribution is 7.99. The number of aromatic nitrogens is 3. The molecule has 1 saturated carbocycles. The Morgan fingerprint density at radius 2 is 2.00 bits per heavy atom. The summed E-state index contributed by atoms with van der Waals surface area (Å²) in [6.45, 7) is 5.26. The second-order valence-electron chi connectivity index (χ2n) is 6.22. The van der Waals surface area contributed by atoms with Gasteiger partial charge < -0.3 is 9.30 Å². The van der Waals surface area contributed by atoms with E-state index in [1.54, 1.807) is 11.8 Å². The Labute approximate surface area is 151 Å². The van der Waals surface area contributed by atoms with E-state index in [0.29, 0.717) is 12.5 Å². The van der Waals surface area contributed by atoms with Gasteiger partial charge in [0.15, 0.2) is 5.16 Å². The highest BCUT2D eigenvalue weighted by Gasteiger charge is 2.30. The van der Waals surface area contributed by atoms with Crippen LogP contribution in [0.2, 0.25) is 0 Å². The van der Waals surface area contributed by atoms with Crippen molar-refractivity contribution in [3.63, 3.8) is 0 Å². The fourth-order valence-corrected chi connectivity index (χ4v) is 3.67. The zero-order valence-corrected chi connectivity index (χ0v) is 14.9. The molecule has 0 N–H and O–H groups in total. The summed E-state index contributed by atoms with van der Waals surface area (Å²) in [4.78, 5) is 0. The van der Waals surface area contributed by atoms with Crippen molar-refractivity contribution in [2.24, 2.45) is 0 Å². The Morgan fingerprint density at radius 1 is 1.16 bits per heavy atom. The molecule has 1 aliphatic rings. The first-order valence-corrected chi connectivity index (χ1v) is 9.62. The molecule has 4 nitrogen and oxygen atoms in total. The molecule has 1 aromatic heterocycles. The molecule has 5 heteroatoms. The second-order valence-corrected chi connectivity index (χ2v) is 7.28. The van der Waals surface area contributed by atoms with Crippen LogP contribution in [0.3, 0.4) is 0 Å². The largest absolute Gasteiger partial charge is 0.493 e. The summed E-state index contributed by atoms with van der Waals surface area (Å²) in [5.41, 5.74) is 0. The summed E-state index contributed by atoms with van der Waals surface area (Å²) >= 11 is 1.69. The zero-order valence-electron chi connectivity index (χ0n) is 14.1. The van der Waals surface area contributed by atoms with Crippen LogP contribution in [-0.4, -0.2) is 27.1 Å². The van der Waals surface area contributed by atoms with Crippen molar-refractivity contribution < 1.29 is 4.74 Å². The van der Waals surface area contributed by atoms with Crippen molar-refractivity contribution in [1.82, 2.24) is 14.8 Å². The van der Waals surface area contributed by atoms with Crippen molar-refractivity contribution in [1.29, 1.82) is 0 Å². The van der Waals surface area contributed by atoms with Gasteiger partial charge in [0, 0.05) is 18.2 Å². The number of fused-ring (bicyclic) bond motifs is 1. The molecule has 128 valence electrons. The van der Waals surface area contributed by atoms with Crippen LogP contribution < -0.4 is 4.74 Å². The topological polar surface area (TPSA) is 39.9 Å². The molecular formula is C20H21N3OS. The van der Waals surface area contributed by atoms with Crippen LogP contribution in [0.1, 0.15) is 24.6 Å². The van der Waals surface area contributed by atoms with E-state index in [9.17, 15) is 0 Å². The van der Waals surface area contributed by atoms with Gasteiger partial charge in [-0.25, -0.2) is 0 Å². The zero-order chi connectivity index (χ0) is 17.1. The van der Waals surface area contributed by atoms with Gasteiger partial charge in [0.25, 0.3) is 0 Å². The highest BCUT2D eigenvalue weighted by Crippen LogP contribution is 2.40. The molecule has 2 aromatic carbocycles. The van der Waals surface area contributed by atoms with E-state index in [2.05, 4.69) is 51.7 Å². The van der Waals surface area contributed by atoms with Crippen molar-refractivity contribution >= 4 is 22.5 Å². The minimum atomic E-state index is 0.593. The van der Waals surface area contributed by atoms with E-state index in [1.165, 1.54) is 23.6 Å². The Hall–Kier alpha value is -2.27. The third-order valence-electron chi connectivity index (χ3n) is 4.30. The van der Waals surface area contributed by atoms with E-state index in [4.69, 9.17) is 4.74 Å². The number of rotatable bonds is 8. The lowest BCUT2D eigenvalue weighted by molar-refractivity contribution is 0.344. The molecule has 0 amide bonds. The molecule has 1 heterocycles. The SMILES string of the molecule is C=CCn1c(SCCOc2ccc3ccccc3c2)nnc1C1CC1. The van der Waals surface area contributed by atoms with Gasteiger partial charge >= 0.3 is 0 Å². The summed E-state index contributed by atoms with van der Waals surface area (Å²) in [6, 6.07) is 14.5. The summed E-state index contributed by atoms with van der Waals surface area (Å²) in [7, 11) is 0. The molecule has 1 fully saturated rings. The molecule has 0 saturated heterocycles. The molecule has 1 aliphatic carbocycles. The first-order chi connectivity index (χ1) is 12.3. The average Bonchev–Trinajstić information content (AvgIpc) is 3.41. The van der Waals surface area contributed by atoms with Crippen LogP contribution in [0, 0.1) is 0 Å². The molecule has 25 heavy (non-hydrogen) atoms. The molecule has 0 unspecified atom stereocenters. The van der Waals surface area contributed by atoms with Gasteiger partial charge in [-0.05, 0) is 35.7 Å². The second kappa shape index (κ2) is 7.31. The molecule has 3 aromatic rings. The van der Waals surface area contributed by atoms with Gasteiger partial charge in [-0.2, -0.15) is 0 Å². The van der Waals surface area contributed by atoms with Crippen LogP contribution in [0.4, 0.5) is 0 Å². The predicted octanol–water partition coefficient (Wildman–Crippen LogP) is 4.67. The predicted molar refractivity (Wildman–Crippen MR) is 102 cm³/mol. The number of hydrogen-bond donors (Lipinski definition) is 0. The molecule has 0 radical (unpaired) electrons. The van der Waals surface area contributed by atoms with Gasteiger partial charge in [0.2, 0.25) is 0 Å². The first kappa shape index (κ1) is 16.2. The average molecular weight is 351 g/mol. The number of thioether (sulfide) groups is 1. The summed E-state index contributed by atoms with van der Waals surface area (Å²) in [5, 5.41) is 12.1. The number of ether oxygens (including phenoxy) is 1. The van der Waals surface area contributed by atoms with Crippen molar-refractivity contribution in [2.45, 2.75) is 30.5 Å². The molecular weight excluding hydrogens is 330 g/mol. The van der Waals surface area contributed by atoms with Crippen LogP contribution in [0.5, 0.6) is 5.75 Å². The Kier molecular flexibility index (Phi) is 4.74. The molecule has 0 bridgehead atoms. The van der Waals surface area contributed by atoms with Gasteiger partial charge in [-0.15, -0.1) is 16.8 Å². The fourth-order valence-electron chi connectivity index (χ4n) is 2.90. The van der Waals surface area contributed by atoms with E-state index >= 15 is 0 Å². The lowest BCUT2D eigenvalue weighted by Crippen LogP contribution is -2.05. The summed E-state index contributed by atoms with van der Waals surface area (Å²) in [5.74, 6) is 3.45. The first-order valence-electron chi connectivity index (χ1n) is 8.63. The lowest BCUT2D eigenvalue weighted by atomic mass is 10.1. The molecule has 0 spiro atoms. The van der Waals surface area contributed by atoms with Crippen LogP contribution >= 0.6 is 11.8 Å². The summed E-state index contributed by atoms with van der Waals surface area (Å²) in [6.07, 6.45) is 4.36. The maximum atomic E-state index is 5.90. The molecule has 0 atom stereocenters. The maximum Gasteiger partial charge on any atom is 0.191 e. The number of nitrogens with zero attached hydrogens (tertiary/aromatic N) is 3. The van der Waals surface area contributed by atoms with Crippen molar-refractivity contribution in [3.8, 4) is 5.75 Å². The Morgan fingerprint density at radius 3 is 2.80 bits per heavy atom. The Balaban J connectivity index is 1.35. The van der Waals surface area contributed by atoms with E-state index in [0.717, 1.165) is 29.0 Å². The van der Waals surface area contributed by atoms with Crippen molar-refractivity contribution in [3.05, 3.63) is 60.9 Å². The maximum absolute atomic E-state index is 5.90. The molecule has 0 aliphatic heterocycles. The van der Waals surface area contributed by atoms with E-state index in [1.807, 2.05) is 18.2 Å². The van der Waals surface area contributed by atoms with Crippen LogP contribution in [0.15, 0.2) is 60.3 Å². The highest BCUT2D eigenvalue weighted by atomic mass is 32.2. The standard InChI is InChI=1S/C20H21N3OS/c1-2-11-23-19(16-7-8-16)21-22-20(23)25-13-12-24-18-10-9-15-5-3-4-6-17(15)14-18/h2-6,9-10,14,16H,1,7-8,11-13H2. The minimum absolute atomic E-state index is 0.593. The van der Waals surface area contributed by atoms with Gasteiger partial charge in [0.1, 0.15) is 11.6 Å². The minimum Gasteiger partial charge on any atom is -0.493 e. The monoisotopic (exact) mass is 351 g/mol. The van der Waals surface area contributed by atoms with Crippen LogP contribution in [0.25, 0.3) is 10.8 Å². The number of allylic oxidation sites excluding steroid dienone is 1. The van der Waals surface area contributed by atoms with E-state index < -0.39 is 0 Å². The van der Waals surface area contributed by atoms with Crippen molar-refractivity contribution in [2.75, 3.05) is 12.4 Å². The third kappa shape index (κ3) is 3.71. The Bertz CT molecular complexity index is 886. The van der Waals surface area contributed by atoms with Gasteiger partial charge in [0.05, 0.1) is 6.61 Å². The third-order valence-corrected chi connectivity index (χ3v) is 5.23. The smallest absolute Gasteiger partial charge is 0.191 e. The molecule has 4 rings (SSSR count). The van der Waals surface area contributed by atoms with E-state index in [-0.39, 0.29) is 0 Å². The summed E-state index contributed by atoms with van der Waals surface area (Å²) < 4.78 is 8.09. The fraction of sp³-hybridized carbons (Fsp3) is 0.300. The number of hydrogen-bond acceptors (Lipinski definition) is 4.